The Morgan fingerprint density at radius 1 is 1.14 bits per heavy atom. The SMILES string of the molecule is COc1cccc(COCC(=O)NCc2ccc(OCC3CCCO3)cc2)c1. The molecule has 0 saturated carbocycles. The van der Waals surface area contributed by atoms with Gasteiger partial charge in [0.05, 0.1) is 19.8 Å². The van der Waals surface area contributed by atoms with E-state index in [9.17, 15) is 4.79 Å². The number of ether oxygens (including phenoxy) is 4. The van der Waals surface area contributed by atoms with Crippen molar-refractivity contribution in [1.82, 2.24) is 5.32 Å². The highest BCUT2D eigenvalue weighted by molar-refractivity contribution is 5.77. The summed E-state index contributed by atoms with van der Waals surface area (Å²) in [6.07, 6.45) is 2.37. The van der Waals surface area contributed by atoms with Crippen LogP contribution in [0, 0.1) is 0 Å². The van der Waals surface area contributed by atoms with E-state index in [2.05, 4.69) is 5.32 Å². The van der Waals surface area contributed by atoms with Gasteiger partial charge in [-0.1, -0.05) is 24.3 Å². The molecule has 0 aliphatic carbocycles. The molecular formula is C22H27NO5. The minimum atomic E-state index is -0.151. The van der Waals surface area contributed by atoms with Crippen LogP contribution in [0.1, 0.15) is 24.0 Å². The van der Waals surface area contributed by atoms with Crippen molar-refractivity contribution in [3.05, 3.63) is 59.7 Å². The van der Waals surface area contributed by atoms with Crippen molar-refractivity contribution in [2.24, 2.45) is 0 Å². The molecule has 1 atom stereocenters. The van der Waals surface area contributed by atoms with Gasteiger partial charge in [0, 0.05) is 13.2 Å². The van der Waals surface area contributed by atoms with Crippen LogP contribution in [0.3, 0.4) is 0 Å². The second kappa shape index (κ2) is 10.7. The summed E-state index contributed by atoms with van der Waals surface area (Å²) in [5.74, 6) is 1.43. The third kappa shape index (κ3) is 6.55. The molecule has 1 amide bonds. The molecule has 1 aliphatic heterocycles. The number of benzene rings is 2. The second-order valence-electron chi connectivity index (χ2n) is 6.71. The minimum Gasteiger partial charge on any atom is -0.497 e. The van der Waals surface area contributed by atoms with Crippen LogP contribution in [0.15, 0.2) is 48.5 Å². The first-order valence-corrected chi connectivity index (χ1v) is 9.53. The Balaban J connectivity index is 1.33. The maximum atomic E-state index is 11.9. The van der Waals surface area contributed by atoms with E-state index < -0.39 is 0 Å². The fourth-order valence-electron chi connectivity index (χ4n) is 2.94. The van der Waals surface area contributed by atoms with Gasteiger partial charge in [0.15, 0.2) is 0 Å². The fourth-order valence-corrected chi connectivity index (χ4v) is 2.94. The monoisotopic (exact) mass is 385 g/mol. The largest absolute Gasteiger partial charge is 0.497 e. The summed E-state index contributed by atoms with van der Waals surface area (Å²) in [6, 6.07) is 15.3. The summed E-state index contributed by atoms with van der Waals surface area (Å²) in [6.45, 7) is 2.24. The topological polar surface area (TPSA) is 66.0 Å². The molecule has 6 heteroatoms. The lowest BCUT2D eigenvalue weighted by molar-refractivity contribution is -0.126. The predicted molar refractivity (Wildman–Crippen MR) is 105 cm³/mol. The van der Waals surface area contributed by atoms with Gasteiger partial charge < -0.3 is 24.3 Å². The summed E-state index contributed by atoms with van der Waals surface area (Å²) in [7, 11) is 1.62. The molecule has 1 heterocycles. The predicted octanol–water partition coefficient (Wildman–Crippen LogP) is 3.09. The Hall–Kier alpha value is -2.57. The van der Waals surface area contributed by atoms with Gasteiger partial charge in [-0.15, -0.1) is 0 Å². The van der Waals surface area contributed by atoms with Crippen molar-refractivity contribution >= 4 is 5.91 Å². The van der Waals surface area contributed by atoms with E-state index in [1.165, 1.54) is 0 Å². The van der Waals surface area contributed by atoms with Gasteiger partial charge in [0.2, 0.25) is 5.91 Å². The molecule has 1 N–H and O–H groups in total. The van der Waals surface area contributed by atoms with E-state index in [0.29, 0.717) is 19.8 Å². The van der Waals surface area contributed by atoms with Crippen molar-refractivity contribution < 1.29 is 23.7 Å². The average Bonchev–Trinajstić information content (AvgIpc) is 3.25. The number of nitrogens with one attached hydrogen (secondary N) is 1. The highest BCUT2D eigenvalue weighted by Gasteiger charge is 2.15. The molecule has 2 aromatic carbocycles. The van der Waals surface area contributed by atoms with Crippen LogP contribution in [0.2, 0.25) is 0 Å². The molecule has 0 bridgehead atoms. The molecule has 150 valence electrons. The molecule has 6 nitrogen and oxygen atoms in total. The lowest BCUT2D eigenvalue weighted by atomic mass is 10.2. The summed E-state index contributed by atoms with van der Waals surface area (Å²) in [5, 5.41) is 2.85. The number of rotatable bonds is 10. The number of carbonyl (C=O) groups excluding carboxylic acids is 1. The molecule has 1 fully saturated rings. The number of amides is 1. The van der Waals surface area contributed by atoms with Crippen LogP contribution >= 0.6 is 0 Å². The molecule has 0 aromatic heterocycles. The molecule has 0 radical (unpaired) electrons. The van der Waals surface area contributed by atoms with Gasteiger partial charge in [-0.2, -0.15) is 0 Å². The van der Waals surface area contributed by atoms with E-state index in [1.54, 1.807) is 7.11 Å². The lowest BCUT2D eigenvalue weighted by Crippen LogP contribution is -2.27. The van der Waals surface area contributed by atoms with Gasteiger partial charge in [-0.05, 0) is 48.2 Å². The van der Waals surface area contributed by atoms with E-state index in [1.807, 2.05) is 48.5 Å². The van der Waals surface area contributed by atoms with Crippen LogP contribution in [-0.2, 0) is 27.4 Å². The first kappa shape index (κ1) is 20.2. The Labute approximate surface area is 165 Å². The number of hydrogen-bond acceptors (Lipinski definition) is 5. The van der Waals surface area contributed by atoms with Crippen molar-refractivity contribution in [1.29, 1.82) is 0 Å². The summed E-state index contributed by atoms with van der Waals surface area (Å²) >= 11 is 0. The fraction of sp³-hybridized carbons (Fsp3) is 0.409. The zero-order valence-corrected chi connectivity index (χ0v) is 16.2. The van der Waals surface area contributed by atoms with Crippen LogP contribution in [0.4, 0.5) is 0 Å². The van der Waals surface area contributed by atoms with Gasteiger partial charge in [-0.3, -0.25) is 4.79 Å². The van der Waals surface area contributed by atoms with Crippen LogP contribution in [0.25, 0.3) is 0 Å². The quantitative estimate of drug-likeness (QED) is 0.681. The molecule has 0 spiro atoms. The highest BCUT2D eigenvalue weighted by atomic mass is 16.5. The van der Waals surface area contributed by atoms with Gasteiger partial charge in [-0.25, -0.2) is 0 Å². The minimum absolute atomic E-state index is 0.0137. The van der Waals surface area contributed by atoms with E-state index in [0.717, 1.165) is 42.1 Å². The van der Waals surface area contributed by atoms with Crippen LogP contribution in [-0.4, -0.2) is 38.9 Å². The average molecular weight is 385 g/mol. The third-order valence-electron chi connectivity index (χ3n) is 4.51. The van der Waals surface area contributed by atoms with Crippen LogP contribution in [0.5, 0.6) is 11.5 Å². The maximum absolute atomic E-state index is 11.9. The lowest BCUT2D eigenvalue weighted by Gasteiger charge is -2.12. The Morgan fingerprint density at radius 2 is 2.00 bits per heavy atom. The number of methoxy groups -OCH3 is 1. The Kier molecular flexibility index (Phi) is 7.70. The molecule has 2 aromatic rings. The summed E-state index contributed by atoms with van der Waals surface area (Å²) in [4.78, 5) is 11.9. The summed E-state index contributed by atoms with van der Waals surface area (Å²) < 4.78 is 21.9. The highest BCUT2D eigenvalue weighted by Crippen LogP contribution is 2.17. The molecule has 3 rings (SSSR count). The van der Waals surface area contributed by atoms with Crippen LogP contribution < -0.4 is 14.8 Å². The van der Waals surface area contributed by atoms with Crippen molar-refractivity contribution in [3.8, 4) is 11.5 Å². The zero-order chi connectivity index (χ0) is 19.6. The van der Waals surface area contributed by atoms with E-state index >= 15 is 0 Å². The smallest absolute Gasteiger partial charge is 0.246 e. The maximum Gasteiger partial charge on any atom is 0.246 e. The Bertz CT molecular complexity index is 741. The zero-order valence-electron chi connectivity index (χ0n) is 16.2. The van der Waals surface area contributed by atoms with Crippen molar-refractivity contribution in [2.45, 2.75) is 32.1 Å². The van der Waals surface area contributed by atoms with E-state index in [4.69, 9.17) is 18.9 Å². The molecule has 1 unspecified atom stereocenters. The summed E-state index contributed by atoms with van der Waals surface area (Å²) in [5.41, 5.74) is 1.97. The van der Waals surface area contributed by atoms with Crippen molar-refractivity contribution in [3.63, 3.8) is 0 Å². The van der Waals surface area contributed by atoms with Gasteiger partial charge in [0.25, 0.3) is 0 Å². The second-order valence-corrected chi connectivity index (χ2v) is 6.71. The first-order chi connectivity index (χ1) is 13.7. The molecule has 28 heavy (non-hydrogen) atoms. The Morgan fingerprint density at radius 3 is 2.75 bits per heavy atom. The first-order valence-electron chi connectivity index (χ1n) is 9.53. The van der Waals surface area contributed by atoms with Gasteiger partial charge >= 0.3 is 0 Å². The van der Waals surface area contributed by atoms with Crippen molar-refractivity contribution in [2.75, 3.05) is 26.9 Å². The molecular weight excluding hydrogens is 358 g/mol. The number of carbonyl (C=O) groups is 1. The molecule has 1 saturated heterocycles. The number of hydrogen-bond donors (Lipinski definition) is 1. The van der Waals surface area contributed by atoms with E-state index in [-0.39, 0.29) is 18.6 Å². The molecule has 1 aliphatic rings. The standard InChI is InChI=1S/C22H27NO5/c1-25-20-5-2-4-18(12-20)14-26-16-22(24)23-13-17-7-9-19(10-8-17)28-15-21-6-3-11-27-21/h2,4-5,7-10,12,21H,3,6,11,13-16H2,1H3,(H,23,24). The third-order valence-corrected chi connectivity index (χ3v) is 4.51. The van der Waals surface area contributed by atoms with Gasteiger partial charge in [0.1, 0.15) is 24.7 Å². The normalized spacial score (nSPS) is 16.0.